The Labute approximate surface area is 144 Å². The van der Waals surface area contributed by atoms with Crippen LogP contribution in [0, 0.1) is 0 Å². The number of hydrogen-bond donors (Lipinski definition) is 0. The van der Waals surface area contributed by atoms with Crippen molar-refractivity contribution < 1.29 is 4.79 Å². The van der Waals surface area contributed by atoms with Crippen LogP contribution in [0.1, 0.15) is 35.2 Å². The molecule has 23 heavy (non-hydrogen) atoms. The van der Waals surface area contributed by atoms with Crippen molar-refractivity contribution in [3.05, 3.63) is 71.8 Å². The molecule has 2 aromatic carbocycles. The van der Waals surface area contributed by atoms with Gasteiger partial charge in [0.05, 0.1) is 6.54 Å². The third kappa shape index (κ3) is 4.01. The van der Waals surface area contributed by atoms with Gasteiger partial charge in [0.15, 0.2) is 5.78 Å². The first kappa shape index (κ1) is 17.7. The predicted octanol–water partition coefficient (Wildman–Crippen LogP) is 4.39. The molecule has 1 fully saturated rings. The van der Waals surface area contributed by atoms with Crippen molar-refractivity contribution >= 4 is 18.2 Å². The second-order valence-corrected chi connectivity index (χ2v) is 6.39. The summed E-state index contributed by atoms with van der Waals surface area (Å²) in [5.41, 5.74) is 2.33. The minimum absolute atomic E-state index is 0. The minimum atomic E-state index is 0. The lowest BCUT2D eigenvalue weighted by Gasteiger charge is -2.49. The van der Waals surface area contributed by atoms with Crippen LogP contribution in [0.3, 0.4) is 0 Å². The standard InChI is InChI=1S/C20H23NO.ClH/c1-21(16-19(22)18-11-6-3-7-12-18)20(13-8-14-20)15-17-9-4-2-5-10-17;/h2-7,9-12H,8,13-16H2,1H3;1H. The molecule has 1 aliphatic rings. The lowest BCUT2D eigenvalue weighted by Crippen LogP contribution is -2.54. The number of carbonyl (C=O) groups excluding carboxylic acids is 1. The highest BCUT2D eigenvalue weighted by Gasteiger charge is 2.41. The van der Waals surface area contributed by atoms with Crippen molar-refractivity contribution in [1.29, 1.82) is 0 Å². The molecule has 2 nitrogen and oxygen atoms in total. The molecule has 0 saturated heterocycles. The van der Waals surface area contributed by atoms with Crippen LogP contribution in [0.25, 0.3) is 0 Å². The van der Waals surface area contributed by atoms with Crippen LogP contribution in [0.2, 0.25) is 0 Å². The van der Waals surface area contributed by atoms with E-state index in [1.165, 1.54) is 24.8 Å². The fourth-order valence-electron chi connectivity index (χ4n) is 3.35. The van der Waals surface area contributed by atoms with Crippen molar-refractivity contribution in [1.82, 2.24) is 4.90 Å². The molecule has 2 aromatic rings. The van der Waals surface area contributed by atoms with Gasteiger partial charge in [-0.1, -0.05) is 60.7 Å². The third-order valence-corrected chi connectivity index (χ3v) is 4.95. The van der Waals surface area contributed by atoms with Gasteiger partial charge in [0, 0.05) is 11.1 Å². The highest BCUT2D eigenvalue weighted by Crippen LogP contribution is 2.39. The summed E-state index contributed by atoms with van der Waals surface area (Å²) < 4.78 is 0. The highest BCUT2D eigenvalue weighted by atomic mass is 35.5. The number of rotatable bonds is 6. The van der Waals surface area contributed by atoms with E-state index in [9.17, 15) is 4.79 Å². The van der Waals surface area contributed by atoms with E-state index >= 15 is 0 Å². The topological polar surface area (TPSA) is 20.3 Å². The Morgan fingerprint density at radius 3 is 2.09 bits per heavy atom. The number of halogens is 1. The van der Waals surface area contributed by atoms with Crippen LogP contribution >= 0.6 is 12.4 Å². The van der Waals surface area contributed by atoms with Crippen LogP contribution in [-0.4, -0.2) is 29.8 Å². The fourth-order valence-corrected chi connectivity index (χ4v) is 3.35. The number of likely N-dealkylation sites (N-methyl/N-ethyl adjacent to an activating group) is 1. The summed E-state index contributed by atoms with van der Waals surface area (Å²) >= 11 is 0. The minimum Gasteiger partial charge on any atom is -0.293 e. The maximum atomic E-state index is 12.5. The summed E-state index contributed by atoms with van der Waals surface area (Å²) in [5, 5.41) is 0. The normalized spacial score (nSPS) is 15.6. The predicted molar refractivity (Wildman–Crippen MR) is 97.4 cm³/mol. The van der Waals surface area contributed by atoms with E-state index in [4.69, 9.17) is 0 Å². The summed E-state index contributed by atoms with van der Waals surface area (Å²) in [6, 6.07) is 20.2. The quantitative estimate of drug-likeness (QED) is 0.733. The number of hydrogen-bond acceptors (Lipinski definition) is 2. The van der Waals surface area contributed by atoms with Crippen molar-refractivity contribution in [3.63, 3.8) is 0 Å². The third-order valence-electron chi connectivity index (χ3n) is 4.95. The number of ketones is 1. The van der Waals surface area contributed by atoms with Crippen molar-refractivity contribution in [3.8, 4) is 0 Å². The first-order chi connectivity index (χ1) is 10.7. The van der Waals surface area contributed by atoms with E-state index in [0.717, 1.165) is 12.0 Å². The Morgan fingerprint density at radius 1 is 1.00 bits per heavy atom. The van der Waals surface area contributed by atoms with Gasteiger partial charge in [-0.05, 0) is 38.3 Å². The van der Waals surface area contributed by atoms with Gasteiger partial charge < -0.3 is 0 Å². The monoisotopic (exact) mass is 329 g/mol. The van der Waals surface area contributed by atoms with Crippen LogP contribution in [0.4, 0.5) is 0 Å². The van der Waals surface area contributed by atoms with Crippen LogP contribution in [-0.2, 0) is 6.42 Å². The fraction of sp³-hybridized carbons (Fsp3) is 0.350. The van der Waals surface area contributed by atoms with Gasteiger partial charge in [-0.15, -0.1) is 12.4 Å². The van der Waals surface area contributed by atoms with Gasteiger partial charge in [0.2, 0.25) is 0 Å². The summed E-state index contributed by atoms with van der Waals surface area (Å²) in [4.78, 5) is 14.7. The average Bonchev–Trinajstić information content (AvgIpc) is 2.52. The van der Waals surface area contributed by atoms with Crippen LogP contribution in [0.5, 0.6) is 0 Å². The number of benzene rings is 2. The van der Waals surface area contributed by atoms with E-state index < -0.39 is 0 Å². The summed E-state index contributed by atoms with van der Waals surface area (Å²) in [6.07, 6.45) is 4.66. The molecule has 0 radical (unpaired) electrons. The van der Waals surface area contributed by atoms with Crippen molar-refractivity contribution in [2.45, 2.75) is 31.2 Å². The summed E-state index contributed by atoms with van der Waals surface area (Å²) in [5.74, 6) is 0.211. The summed E-state index contributed by atoms with van der Waals surface area (Å²) in [6.45, 7) is 0.497. The van der Waals surface area contributed by atoms with E-state index in [2.05, 4.69) is 42.3 Å². The molecule has 1 aliphatic carbocycles. The van der Waals surface area contributed by atoms with E-state index in [1.54, 1.807) is 0 Å². The molecular formula is C20H24ClNO. The molecule has 3 heteroatoms. The maximum absolute atomic E-state index is 12.5. The van der Waals surface area contributed by atoms with Crippen molar-refractivity contribution in [2.24, 2.45) is 0 Å². The number of Topliss-reactive ketones (excluding diaryl/α,β-unsaturated/α-hetero) is 1. The van der Waals surface area contributed by atoms with Crippen LogP contribution < -0.4 is 0 Å². The lowest BCUT2D eigenvalue weighted by atomic mass is 9.71. The smallest absolute Gasteiger partial charge is 0.176 e. The Bertz CT molecular complexity index is 623. The Balaban J connectivity index is 0.00000192. The molecule has 0 amide bonds. The van der Waals surface area contributed by atoms with Crippen molar-refractivity contribution in [2.75, 3.05) is 13.6 Å². The Hall–Kier alpha value is -1.64. The zero-order valence-corrected chi connectivity index (χ0v) is 14.4. The van der Waals surface area contributed by atoms with Gasteiger partial charge in [0.25, 0.3) is 0 Å². The Morgan fingerprint density at radius 2 is 1.57 bits per heavy atom. The zero-order chi connectivity index (χ0) is 15.4. The Kier molecular flexibility index (Phi) is 5.97. The SMILES string of the molecule is CN(CC(=O)c1ccccc1)C1(Cc2ccccc2)CCC1.Cl. The molecule has 1 saturated carbocycles. The molecule has 0 bridgehead atoms. The molecule has 3 rings (SSSR count). The second kappa shape index (κ2) is 7.76. The second-order valence-electron chi connectivity index (χ2n) is 6.39. The zero-order valence-electron chi connectivity index (χ0n) is 13.6. The molecule has 0 unspecified atom stereocenters. The van der Waals surface area contributed by atoms with Gasteiger partial charge in [-0.25, -0.2) is 0 Å². The molecule has 0 aliphatic heterocycles. The molecule has 0 aromatic heterocycles. The first-order valence-electron chi connectivity index (χ1n) is 8.03. The van der Waals surface area contributed by atoms with E-state index in [0.29, 0.717) is 6.54 Å². The number of nitrogens with zero attached hydrogens (tertiary/aromatic N) is 1. The van der Waals surface area contributed by atoms with E-state index in [-0.39, 0.29) is 23.7 Å². The van der Waals surface area contributed by atoms with E-state index in [1.807, 2.05) is 30.3 Å². The molecule has 0 N–H and O–H groups in total. The summed E-state index contributed by atoms with van der Waals surface area (Å²) in [7, 11) is 2.10. The van der Waals surface area contributed by atoms with Crippen LogP contribution in [0.15, 0.2) is 60.7 Å². The largest absolute Gasteiger partial charge is 0.293 e. The van der Waals surface area contributed by atoms with Gasteiger partial charge in [-0.2, -0.15) is 0 Å². The molecule has 0 atom stereocenters. The molecular weight excluding hydrogens is 306 g/mol. The lowest BCUT2D eigenvalue weighted by molar-refractivity contribution is 0.0365. The van der Waals surface area contributed by atoms with Gasteiger partial charge in [0.1, 0.15) is 0 Å². The van der Waals surface area contributed by atoms with Gasteiger partial charge >= 0.3 is 0 Å². The average molecular weight is 330 g/mol. The van der Waals surface area contributed by atoms with Gasteiger partial charge in [-0.3, -0.25) is 9.69 Å². The number of carbonyl (C=O) groups is 1. The highest BCUT2D eigenvalue weighted by molar-refractivity contribution is 5.97. The molecule has 0 heterocycles. The first-order valence-corrected chi connectivity index (χ1v) is 8.03. The molecule has 122 valence electrons. The molecule has 0 spiro atoms. The maximum Gasteiger partial charge on any atom is 0.176 e.